The molecule has 0 radical (unpaired) electrons. The Morgan fingerprint density at radius 3 is 2.77 bits per heavy atom. The lowest BCUT2D eigenvalue weighted by atomic mass is 10.2. The van der Waals surface area contributed by atoms with Gasteiger partial charge in [-0.15, -0.1) is 0 Å². The zero-order valence-electron chi connectivity index (χ0n) is 7.59. The van der Waals surface area contributed by atoms with Crippen molar-refractivity contribution in [1.82, 2.24) is 4.98 Å². The van der Waals surface area contributed by atoms with Crippen LogP contribution in [0.2, 0.25) is 0 Å². The molecular formula is C9H11NO3. The number of carbonyl (C=O) groups excluding carboxylic acids is 1. The lowest BCUT2D eigenvalue weighted by Crippen LogP contribution is -2.10. The molecular weight excluding hydrogens is 170 g/mol. The van der Waals surface area contributed by atoms with E-state index < -0.39 is 0 Å². The van der Waals surface area contributed by atoms with Gasteiger partial charge in [0.15, 0.2) is 11.7 Å². The van der Waals surface area contributed by atoms with Crippen LogP contribution in [-0.4, -0.2) is 17.4 Å². The zero-order valence-corrected chi connectivity index (χ0v) is 7.59. The maximum atomic E-state index is 11.0. The maximum absolute atomic E-state index is 11.0. The van der Waals surface area contributed by atoms with Gasteiger partial charge in [0, 0.05) is 17.7 Å². The number of pyridine rings is 1. The average Bonchev–Trinajstić information content (AvgIpc) is 2.03. The summed E-state index contributed by atoms with van der Waals surface area (Å²) in [5.41, 5.74) is 0.0448. The van der Waals surface area contributed by atoms with E-state index >= 15 is 0 Å². The van der Waals surface area contributed by atoms with Crippen LogP contribution in [0.25, 0.3) is 0 Å². The first kappa shape index (κ1) is 9.51. The van der Waals surface area contributed by atoms with Gasteiger partial charge in [-0.05, 0) is 13.8 Å². The Bertz CT molecular complexity index is 367. The standard InChI is InChI=1S/C9H11NO3/c1-3-13-9-5-7(6(2)11)4-8(12)10-9/h4-5H,3H2,1-2H3,(H,10,12). The van der Waals surface area contributed by atoms with Crippen LogP contribution in [0.1, 0.15) is 24.2 Å². The first-order valence-electron chi connectivity index (χ1n) is 4.01. The number of hydrogen-bond acceptors (Lipinski definition) is 3. The van der Waals surface area contributed by atoms with Gasteiger partial charge in [-0.1, -0.05) is 0 Å². The number of aromatic amines is 1. The Hall–Kier alpha value is -1.58. The highest BCUT2D eigenvalue weighted by Gasteiger charge is 2.03. The Kier molecular flexibility index (Phi) is 2.84. The van der Waals surface area contributed by atoms with E-state index in [2.05, 4.69) is 4.98 Å². The minimum atomic E-state index is -0.323. The van der Waals surface area contributed by atoms with Crippen LogP contribution in [0.5, 0.6) is 5.88 Å². The van der Waals surface area contributed by atoms with E-state index in [1.807, 2.05) is 0 Å². The molecule has 13 heavy (non-hydrogen) atoms. The van der Waals surface area contributed by atoms with Crippen molar-refractivity contribution in [2.75, 3.05) is 6.61 Å². The molecule has 1 aromatic rings. The second kappa shape index (κ2) is 3.89. The maximum Gasteiger partial charge on any atom is 0.251 e. The molecule has 1 heterocycles. The number of nitrogens with one attached hydrogen (secondary N) is 1. The minimum absolute atomic E-state index is 0.146. The first-order valence-corrected chi connectivity index (χ1v) is 4.01. The molecule has 0 aliphatic rings. The van der Waals surface area contributed by atoms with Crippen LogP contribution in [0.3, 0.4) is 0 Å². The second-order valence-corrected chi connectivity index (χ2v) is 2.59. The molecule has 70 valence electrons. The molecule has 0 saturated carbocycles. The van der Waals surface area contributed by atoms with Gasteiger partial charge in [0.2, 0.25) is 0 Å². The summed E-state index contributed by atoms with van der Waals surface area (Å²) in [6, 6.07) is 2.78. The fraction of sp³-hybridized carbons (Fsp3) is 0.333. The summed E-state index contributed by atoms with van der Waals surface area (Å²) < 4.78 is 5.07. The van der Waals surface area contributed by atoms with E-state index in [1.54, 1.807) is 6.92 Å². The molecule has 4 nitrogen and oxygen atoms in total. The van der Waals surface area contributed by atoms with E-state index in [1.165, 1.54) is 19.1 Å². The van der Waals surface area contributed by atoms with Crippen molar-refractivity contribution in [2.24, 2.45) is 0 Å². The van der Waals surface area contributed by atoms with Gasteiger partial charge in [-0.2, -0.15) is 0 Å². The van der Waals surface area contributed by atoms with Crippen molar-refractivity contribution < 1.29 is 9.53 Å². The molecule has 0 spiro atoms. The number of H-pyrrole nitrogens is 1. The summed E-state index contributed by atoms with van der Waals surface area (Å²) in [6.45, 7) is 3.67. The normalized spacial score (nSPS) is 9.69. The molecule has 1 N–H and O–H groups in total. The van der Waals surface area contributed by atoms with Gasteiger partial charge in [0.05, 0.1) is 6.61 Å². The summed E-state index contributed by atoms with van der Waals surface area (Å²) in [4.78, 5) is 24.4. The fourth-order valence-electron chi connectivity index (χ4n) is 0.954. The van der Waals surface area contributed by atoms with Gasteiger partial charge in [-0.25, -0.2) is 0 Å². The predicted molar refractivity (Wildman–Crippen MR) is 48.2 cm³/mol. The molecule has 1 aromatic heterocycles. The van der Waals surface area contributed by atoms with Crippen LogP contribution >= 0.6 is 0 Å². The molecule has 0 aliphatic carbocycles. The summed E-state index contributed by atoms with van der Waals surface area (Å²) in [6.07, 6.45) is 0. The van der Waals surface area contributed by atoms with Gasteiger partial charge >= 0.3 is 0 Å². The Morgan fingerprint density at radius 2 is 2.23 bits per heavy atom. The smallest absolute Gasteiger partial charge is 0.251 e. The third-order valence-corrected chi connectivity index (χ3v) is 1.53. The topological polar surface area (TPSA) is 59.2 Å². The van der Waals surface area contributed by atoms with E-state index in [9.17, 15) is 9.59 Å². The van der Waals surface area contributed by atoms with Crippen LogP contribution in [-0.2, 0) is 0 Å². The van der Waals surface area contributed by atoms with Crippen molar-refractivity contribution in [1.29, 1.82) is 0 Å². The molecule has 0 amide bonds. The molecule has 0 saturated heterocycles. The number of aromatic nitrogens is 1. The molecule has 0 aliphatic heterocycles. The van der Waals surface area contributed by atoms with Crippen LogP contribution in [0.4, 0.5) is 0 Å². The first-order chi connectivity index (χ1) is 6.13. The van der Waals surface area contributed by atoms with Gasteiger partial charge in [0.1, 0.15) is 0 Å². The number of hydrogen-bond donors (Lipinski definition) is 1. The highest BCUT2D eigenvalue weighted by Crippen LogP contribution is 2.06. The monoisotopic (exact) mass is 181 g/mol. The lowest BCUT2D eigenvalue weighted by molar-refractivity contribution is 0.101. The van der Waals surface area contributed by atoms with Crippen LogP contribution in [0.15, 0.2) is 16.9 Å². The molecule has 1 rings (SSSR count). The molecule has 4 heteroatoms. The zero-order chi connectivity index (χ0) is 9.84. The second-order valence-electron chi connectivity index (χ2n) is 2.59. The fourth-order valence-corrected chi connectivity index (χ4v) is 0.954. The molecule has 0 aromatic carbocycles. The van der Waals surface area contributed by atoms with Crippen molar-refractivity contribution in [3.63, 3.8) is 0 Å². The quantitative estimate of drug-likeness (QED) is 0.707. The molecule has 0 bridgehead atoms. The average molecular weight is 181 g/mol. The summed E-state index contributed by atoms with van der Waals surface area (Å²) in [5.74, 6) is 0.187. The largest absolute Gasteiger partial charge is 0.479 e. The van der Waals surface area contributed by atoms with E-state index in [-0.39, 0.29) is 11.3 Å². The third kappa shape index (κ3) is 2.43. The van der Waals surface area contributed by atoms with Crippen molar-refractivity contribution in [2.45, 2.75) is 13.8 Å². The van der Waals surface area contributed by atoms with E-state index in [0.717, 1.165) is 0 Å². The van der Waals surface area contributed by atoms with Gasteiger partial charge < -0.3 is 4.74 Å². The Balaban J connectivity index is 3.11. The van der Waals surface area contributed by atoms with Gasteiger partial charge in [0.25, 0.3) is 5.56 Å². The summed E-state index contributed by atoms with van der Waals surface area (Å²) >= 11 is 0. The summed E-state index contributed by atoms with van der Waals surface area (Å²) in [7, 11) is 0. The van der Waals surface area contributed by atoms with Crippen LogP contribution in [0, 0.1) is 0 Å². The predicted octanol–water partition coefficient (Wildman–Crippen LogP) is 0.976. The molecule has 0 fully saturated rings. The van der Waals surface area contributed by atoms with E-state index in [4.69, 9.17) is 4.74 Å². The van der Waals surface area contributed by atoms with Crippen LogP contribution < -0.4 is 10.3 Å². The minimum Gasteiger partial charge on any atom is -0.479 e. The SMILES string of the molecule is CCOc1cc(C(C)=O)cc(=O)[nH]1. The van der Waals surface area contributed by atoms with E-state index in [0.29, 0.717) is 18.1 Å². The Morgan fingerprint density at radius 1 is 1.54 bits per heavy atom. The number of ether oxygens (including phenoxy) is 1. The molecule has 0 atom stereocenters. The Labute approximate surface area is 75.5 Å². The summed E-state index contributed by atoms with van der Waals surface area (Å²) in [5, 5.41) is 0. The highest BCUT2D eigenvalue weighted by atomic mass is 16.5. The number of carbonyl (C=O) groups is 1. The number of ketones is 1. The number of Topliss-reactive ketones (excluding diaryl/α,β-unsaturated/α-hetero) is 1. The highest BCUT2D eigenvalue weighted by molar-refractivity contribution is 5.94. The van der Waals surface area contributed by atoms with Gasteiger partial charge in [-0.3, -0.25) is 14.6 Å². The third-order valence-electron chi connectivity index (χ3n) is 1.53. The van der Waals surface area contributed by atoms with Crippen molar-refractivity contribution >= 4 is 5.78 Å². The van der Waals surface area contributed by atoms with Crippen molar-refractivity contribution in [3.05, 3.63) is 28.0 Å². The molecule has 0 unspecified atom stereocenters. The lowest BCUT2D eigenvalue weighted by Gasteiger charge is -2.02. The number of rotatable bonds is 3. The van der Waals surface area contributed by atoms with Crippen molar-refractivity contribution in [3.8, 4) is 5.88 Å².